The molecule has 0 aromatic carbocycles. The number of nitrogens with one attached hydrogen (secondary N) is 2. The topological polar surface area (TPSA) is 93.7 Å². The Bertz CT molecular complexity index is 620. The van der Waals surface area contributed by atoms with E-state index in [-0.39, 0.29) is 16.3 Å². The van der Waals surface area contributed by atoms with Crippen LogP contribution >= 0.6 is 11.3 Å². The Hall–Kier alpha value is -1.00. The van der Waals surface area contributed by atoms with Crippen LogP contribution in [0.1, 0.15) is 22.5 Å². The Labute approximate surface area is 134 Å². The molecule has 1 aromatic heterocycles. The van der Waals surface area contributed by atoms with Gasteiger partial charge in [-0.2, -0.15) is 0 Å². The molecule has 1 atom stereocenters. The average molecular weight is 348 g/mol. The third kappa shape index (κ3) is 3.66. The molecule has 0 radical (unpaired) electrons. The van der Waals surface area contributed by atoms with E-state index >= 15 is 0 Å². The van der Waals surface area contributed by atoms with E-state index in [0.29, 0.717) is 6.61 Å². The molecule has 1 unspecified atom stereocenters. The largest absolute Gasteiger partial charge is 0.465 e. The van der Waals surface area contributed by atoms with Gasteiger partial charge >= 0.3 is 5.97 Å². The van der Waals surface area contributed by atoms with E-state index in [1.807, 2.05) is 0 Å². The number of carbonyl (C=O) groups excluding carboxylic acids is 1. The van der Waals surface area contributed by atoms with E-state index in [4.69, 9.17) is 4.74 Å². The van der Waals surface area contributed by atoms with Crippen LogP contribution in [0.5, 0.6) is 0 Å². The van der Waals surface area contributed by atoms with Gasteiger partial charge in [-0.15, -0.1) is 11.3 Å². The summed E-state index contributed by atoms with van der Waals surface area (Å²) in [5.41, 5.74) is -0.400. The highest BCUT2D eigenvalue weighted by atomic mass is 32.2. The number of methoxy groups -OCH3 is 2. The van der Waals surface area contributed by atoms with Gasteiger partial charge in [-0.25, -0.2) is 17.9 Å². The SMILES string of the molecule is COCC1(CNS(=O)(=O)c2ccsc2C(=O)OC)CCCN1. The Morgan fingerprint density at radius 2 is 2.27 bits per heavy atom. The van der Waals surface area contributed by atoms with Gasteiger partial charge in [0.2, 0.25) is 10.0 Å². The first-order chi connectivity index (χ1) is 10.4. The summed E-state index contributed by atoms with van der Waals surface area (Å²) in [6.45, 7) is 1.46. The monoisotopic (exact) mass is 348 g/mol. The fourth-order valence-corrected chi connectivity index (χ4v) is 4.99. The molecule has 2 heterocycles. The molecule has 1 aliphatic rings. The van der Waals surface area contributed by atoms with E-state index in [0.717, 1.165) is 30.7 Å². The van der Waals surface area contributed by atoms with E-state index in [9.17, 15) is 13.2 Å². The lowest BCUT2D eigenvalue weighted by Crippen LogP contribution is -2.52. The van der Waals surface area contributed by atoms with Gasteiger partial charge in [0.1, 0.15) is 9.77 Å². The third-order valence-electron chi connectivity index (χ3n) is 3.64. The van der Waals surface area contributed by atoms with E-state index in [1.165, 1.54) is 13.2 Å². The number of hydrogen-bond acceptors (Lipinski definition) is 7. The maximum Gasteiger partial charge on any atom is 0.349 e. The number of esters is 1. The molecule has 2 N–H and O–H groups in total. The zero-order valence-electron chi connectivity index (χ0n) is 12.5. The predicted octanol–water partition coefficient (Wildman–Crippen LogP) is 0.582. The highest BCUT2D eigenvalue weighted by Gasteiger charge is 2.35. The number of ether oxygens (including phenoxy) is 2. The summed E-state index contributed by atoms with van der Waals surface area (Å²) in [6.07, 6.45) is 1.80. The van der Waals surface area contributed by atoms with Crippen molar-refractivity contribution in [2.75, 3.05) is 33.9 Å². The second-order valence-electron chi connectivity index (χ2n) is 5.17. The van der Waals surface area contributed by atoms with Crippen molar-refractivity contribution in [1.29, 1.82) is 0 Å². The van der Waals surface area contributed by atoms with Crippen molar-refractivity contribution in [3.05, 3.63) is 16.3 Å². The maximum absolute atomic E-state index is 12.5. The van der Waals surface area contributed by atoms with Crippen LogP contribution in [-0.4, -0.2) is 53.8 Å². The van der Waals surface area contributed by atoms with Crippen LogP contribution in [0, 0.1) is 0 Å². The normalized spacial score (nSPS) is 21.9. The van der Waals surface area contributed by atoms with Crippen LogP contribution in [0.2, 0.25) is 0 Å². The van der Waals surface area contributed by atoms with Crippen molar-refractivity contribution in [3.8, 4) is 0 Å². The van der Waals surface area contributed by atoms with Gasteiger partial charge in [0.15, 0.2) is 0 Å². The number of rotatable bonds is 7. The molecule has 0 saturated carbocycles. The van der Waals surface area contributed by atoms with Gasteiger partial charge in [-0.05, 0) is 30.8 Å². The zero-order chi connectivity index (χ0) is 16.2. The van der Waals surface area contributed by atoms with Crippen LogP contribution in [-0.2, 0) is 19.5 Å². The smallest absolute Gasteiger partial charge is 0.349 e. The first-order valence-corrected chi connectivity index (χ1v) is 9.20. The number of sulfonamides is 1. The Morgan fingerprint density at radius 3 is 2.86 bits per heavy atom. The molecular weight excluding hydrogens is 328 g/mol. The van der Waals surface area contributed by atoms with Gasteiger partial charge < -0.3 is 14.8 Å². The van der Waals surface area contributed by atoms with E-state index < -0.39 is 21.5 Å². The molecular formula is C13H20N2O5S2. The van der Waals surface area contributed by atoms with Gasteiger partial charge in [0.25, 0.3) is 0 Å². The minimum absolute atomic E-state index is 0.0464. The van der Waals surface area contributed by atoms with Crippen molar-refractivity contribution < 1.29 is 22.7 Å². The first kappa shape index (κ1) is 17.4. The van der Waals surface area contributed by atoms with Crippen LogP contribution in [0.15, 0.2) is 16.3 Å². The molecule has 0 bridgehead atoms. The molecule has 7 nitrogen and oxygen atoms in total. The average Bonchev–Trinajstić information content (AvgIpc) is 3.15. The van der Waals surface area contributed by atoms with Crippen LogP contribution < -0.4 is 10.0 Å². The summed E-state index contributed by atoms with van der Waals surface area (Å²) in [5.74, 6) is -0.652. The first-order valence-electron chi connectivity index (χ1n) is 6.83. The van der Waals surface area contributed by atoms with Crippen molar-refractivity contribution in [2.45, 2.75) is 23.3 Å². The molecule has 1 aromatic rings. The summed E-state index contributed by atoms with van der Waals surface area (Å²) in [7, 11) is -0.971. The van der Waals surface area contributed by atoms with E-state index in [1.54, 1.807) is 12.5 Å². The van der Waals surface area contributed by atoms with Gasteiger partial charge in [0, 0.05) is 13.7 Å². The molecule has 1 fully saturated rings. The number of thiophene rings is 1. The van der Waals surface area contributed by atoms with Crippen molar-refractivity contribution in [1.82, 2.24) is 10.0 Å². The lowest BCUT2D eigenvalue weighted by Gasteiger charge is -2.28. The minimum Gasteiger partial charge on any atom is -0.465 e. The standard InChI is InChI=1S/C13H20N2O5S2/c1-19-9-13(5-3-6-14-13)8-15-22(17,18)10-4-7-21-11(10)12(16)20-2/h4,7,14-15H,3,5-6,8-9H2,1-2H3. The summed E-state index contributed by atoms with van der Waals surface area (Å²) in [6, 6.07) is 1.41. The van der Waals surface area contributed by atoms with Gasteiger partial charge in [-0.3, -0.25) is 0 Å². The van der Waals surface area contributed by atoms with Crippen molar-refractivity contribution >= 4 is 27.3 Å². The Morgan fingerprint density at radius 1 is 1.50 bits per heavy atom. The summed E-state index contributed by atoms with van der Waals surface area (Å²) >= 11 is 1.04. The lowest BCUT2D eigenvalue weighted by atomic mass is 9.99. The lowest BCUT2D eigenvalue weighted by molar-refractivity contribution is 0.0602. The van der Waals surface area contributed by atoms with Crippen LogP contribution in [0.25, 0.3) is 0 Å². The summed E-state index contributed by atoms with van der Waals surface area (Å²) in [4.78, 5) is 11.7. The molecule has 0 spiro atoms. The van der Waals surface area contributed by atoms with Gasteiger partial charge in [0.05, 0.1) is 19.3 Å². The number of carbonyl (C=O) groups is 1. The van der Waals surface area contributed by atoms with Gasteiger partial charge in [-0.1, -0.05) is 0 Å². The van der Waals surface area contributed by atoms with Crippen molar-refractivity contribution in [3.63, 3.8) is 0 Å². The number of hydrogen-bond donors (Lipinski definition) is 2. The van der Waals surface area contributed by atoms with Crippen molar-refractivity contribution in [2.24, 2.45) is 0 Å². The van der Waals surface area contributed by atoms with Crippen LogP contribution in [0.3, 0.4) is 0 Å². The Kier molecular flexibility index (Phi) is 5.56. The molecule has 1 saturated heterocycles. The summed E-state index contributed by atoms with van der Waals surface area (Å²) < 4.78 is 37.3. The predicted molar refractivity (Wildman–Crippen MR) is 82.7 cm³/mol. The molecule has 0 amide bonds. The summed E-state index contributed by atoms with van der Waals surface area (Å²) in [5, 5.41) is 4.85. The highest BCUT2D eigenvalue weighted by Crippen LogP contribution is 2.24. The highest BCUT2D eigenvalue weighted by molar-refractivity contribution is 7.89. The fourth-order valence-electron chi connectivity index (χ4n) is 2.53. The molecule has 9 heteroatoms. The molecule has 124 valence electrons. The fraction of sp³-hybridized carbons (Fsp3) is 0.615. The van der Waals surface area contributed by atoms with Crippen LogP contribution in [0.4, 0.5) is 0 Å². The molecule has 0 aliphatic carbocycles. The molecule has 2 rings (SSSR count). The zero-order valence-corrected chi connectivity index (χ0v) is 14.2. The molecule has 22 heavy (non-hydrogen) atoms. The minimum atomic E-state index is -3.78. The Balaban J connectivity index is 2.15. The van der Waals surface area contributed by atoms with E-state index in [2.05, 4.69) is 14.8 Å². The third-order valence-corrected chi connectivity index (χ3v) is 6.11. The quantitative estimate of drug-likeness (QED) is 0.700. The second kappa shape index (κ2) is 7.05. The second-order valence-corrected chi connectivity index (χ2v) is 7.83. The molecule has 1 aliphatic heterocycles. The maximum atomic E-state index is 12.5.